The molecule has 1 aromatic heterocycles. The number of rotatable bonds is 2. The molecule has 0 saturated carbocycles. The molecule has 0 fully saturated rings. The predicted molar refractivity (Wildman–Crippen MR) is 65.7 cm³/mol. The monoisotopic (exact) mass is 294 g/mol. The first-order valence-electron chi connectivity index (χ1n) is 4.67. The standard InChI is InChI=1S/C11H7BrN2O3/c12-9-5-13-6-10(14(16)17)11(9)7-1-3-8(15)4-2-7/h1-6,15H. The topological polar surface area (TPSA) is 76.3 Å². The van der Waals surface area contributed by atoms with Gasteiger partial charge in [-0.3, -0.25) is 15.1 Å². The summed E-state index contributed by atoms with van der Waals surface area (Å²) in [7, 11) is 0. The maximum absolute atomic E-state index is 10.9. The molecule has 1 N–H and O–H groups in total. The number of phenols is 1. The van der Waals surface area contributed by atoms with Crippen LogP contribution in [0, 0.1) is 10.1 Å². The van der Waals surface area contributed by atoms with Gasteiger partial charge in [0.15, 0.2) is 0 Å². The molecule has 5 nitrogen and oxygen atoms in total. The second-order valence-corrected chi connectivity index (χ2v) is 4.17. The molecule has 1 aromatic carbocycles. The molecule has 2 aromatic rings. The fourth-order valence-electron chi connectivity index (χ4n) is 1.48. The average Bonchev–Trinajstić information content (AvgIpc) is 2.30. The van der Waals surface area contributed by atoms with Crippen LogP contribution in [0.1, 0.15) is 0 Å². The quantitative estimate of drug-likeness (QED) is 0.682. The molecule has 0 saturated heterocycles. The van der Waals surface area contributed by atoms with E-state index in [4.69, 9.17) is 0 Å². The van der Waals surface area contributed by atoms with E-state index in [0.29, 0.717) is 15.6 Å². The lowest BCUT2D eigenvalue weighted by molar-refractivity contribution is -0.384. The number of hydrogen-bond acceptors (Lipinski definition) is 4. The Bertz CT molecular complexity index is 569. The fraction of sp³-hybridized carbons (Fsp3) is 0. The Kier molecular flexibility index (Phi) is 3.06. The summed E-state index contributed by atoms with van der Waals surface area (Å²) in [6.07, 6.45) is 2.70. The van der Waals surface area contributed by atoms with Crippen LogP contribution in [0.3, 0.4) is 0 Å². The first-order valence-corrected chi connectivity index (χ1v) is 5.46. The van der Waals surface area contributed by atoms with Gasteiger partial charge in [0.25, 0.3) is 5.69 Å². The number of aromatic nitrogens is 1. The molecule has 2 rings (SSSR count). The van der Waals surface area contributed by atoms with Crippen LogP contribution in [0.5, 0.6) is 5.75 Å². The number of aromatic hydroxyl groups is 1. The highest BCUT2D eigenvalue weighted by molar-refractivity contribution is 9.10. The van der Waals surface area contributed by atoms with Crippen LogP contribution in [0.15, 0.2) is 41.1 Å². The van der Waals surface area contributed by atoms with E-state index in [-0.39, 0.29) is 11.4 Å². The van der Waals surface area contributed by atoms with Crippen molar-refractivity contribution in [2.45, 2.75) is 0 Å². The first kappa shape index (κ1) is 11.5. The molecule has 0 aliphatic rings. The molecule has 6 heteroatoms. The van der Waals surface area contributed by atoms with E-state index in [1.165, 1.54) is 24.5 Å². The van der Waals surface area contributed by atoms with Gasteiger partial charge in [0.05, 0.1) is 15.0 Å². The molecule has 0 unspecified atom stereocenters. The number of nitro groups is 1. The molecule has 0 aliphatic carbocycles. The highest BCUT2D eigenvalue weighted by atomic mass is 79.9. The zero-order chi connectivity index (χ0) is 12.4. The van der Waals surface area contributed by atoms with E-state index in [1.54, 1.807) is 12.1 Å². The predicted octanol–water partition coefficient (Wildman–Crippen LogP) is 3.12. The molecule has 0 radical (unpaired) electrons. The molecule has 1 heterocycles. The Morgan fingerprint density at radius 2 is 1.88 bits per heavy atom. The lowest BCUT2D eigenvalue weighted by atomic mass is 10.1. The zero-order valence-corrected chi connectivity index (χ0v) is 10.1. The number of nitrogens with zero attached hydrogens (tertiary/aromatic N) is 2. The van der Waals surface area contributed by atoms with Crippen molar-refractivity contribution in [2.75, 3.05) is 0 Å². The summed E-state index contributed by atoms with van der Waals surface area (Å²) in [6, 6.07) is 6.18. The van der Waals surface area contributed by atoms with Gasteiger partial charge in [-0.2, -0.15) is 0 Å². The van der Waals surface area contributed by atoms with Crippen LogP contribution < -0.4 is 0 Å². The third-order valence-corrected chi connectivity index (χ3v) is 2.83. The molecule has 17 heavy (non-hydrogen) atoms. The lowest BCUT2D eigenvalue weighted by Gasteiger charge is -2.05. The van der Waals surface area contributed by atoms with Crippen LogP contribution in [-0.4, -0.2) is 15.0 Å². The molecule has 0 aliphatic heterocycles. The summed E-state index contributed by atoms with van der Waals surface area (Å²) in [5.41, 5.74) is 1.01. The van der Waals surface area contributed by atoms with Gasteiger partial charge in [0.2, 0.25) is 0 Å². The van der Waals surface area contributed by atoms with E-state index in [0.717, 1.165) is 0 Å². The van der Waals surface area contributed by atoms with Gasteiger partial charge >= 0.3 is 0 Å². The van der Waals surface area contributed by atoms with Crippen LogP contribution in [-0.2, 0) is 0 Å². The largest absolute Gasteiger partial charge is 0.508 e. The average molecular weight is 295 g/mol. The van der Waals surface area contributed by atoms with Gasteiger partial charge in [-0.25, -0.2) is 0 Å². The SMILES string of the molecule is O=[N+]([O-])c1cncc(Br)c1-c1ccc(O)cc1. The Balaban J connectivity index is 2.65. The number of benzene rings is 1. The summed E-state index contributed by atoms with van der Waals surface area (Å²) in [5, 5.41) is 20.1. The second kappa shape index (κ2) is 4.50. The third-order valence-electron chi connectivity index (χ3n) is 2.23. The van der Waals surface area contributed by atoms with Crippen molar-refractivity contribution in [1.29, 1.82) is 0 Å². The van der Waals surface area contributed by atoms with E-state index in [2.05, 4.69) is 20.9 Å². The maximum Gasteiger partial charge on any atom is 0.296 e. The van der Waals surface area contributed by atoms with E-state index < -0.39 is 4.92 Å². The van der Waals surface area contributed by atoms with E-state index in [9.17, 15) is 15.2 Å². The summed E-state index contributed by atoms with van der Waals surface area (Å²) >= 11 is 3.24. The van der Waals surface area contributed by atoms with Gasteiger partial charge in [0, 0.05) is 6.20 Å². The minimum absolute atomic E-state index is 0.0786. The highest BCUT2D eigenvalue weighted by Crippen LogP contribution is 2.35. The maximum atomic E-state index is 10.9. The summed E-state index contributed by atoms with van der Waals surface area (Å²) < 4.78 is 0.539. The number of hydrogen-bond donors (Lipinski definition) is 1. The van der Waals surface area contributed by atoms with Gasteiger partial charge in [-0.15, -0.1) is 0 Å². The number of phenolic OH excluding ortho intramolecular Hbond substituents is 1. The third kappa shape index (κ3) is 2.26. The Morgan fingerprint density at radius 3 is 2.47 bits per heavy atom. The van der Waals surface area contributed by atoms with Gasteiger partial charge in [-0.05, 0) is 33.6 Å². The van der Waals surface area contributed by atoms with Crippen LogP contribution in [0.4, 0.5) is 5.69 Å². The second-order valence-electron chi connectivity index (χ2n) is 3.32. The van der Waals surface area contributed by atoms with Crippen LogP contribution in [0.25, 0.3) is 11.1 Å². The minimum atomic E-state index is -0.486. The van der Waals surface area contributed by atoms with E-state index >= 15 is 0 Å². The zero-order valence-electron chi connectivity index (χ0n) is 8.50. The Labute approximate surface area is 105 Å². The van der Waals surface area contributed by atoms with Gasteiger partial charge < -0.3 is 5.11 Å². The number of pyridine rings is 1. The van der Waals surface area contributed by atoms with Crippen molar-refractivity contribution >= 4 is 21.6 Å². The van der Waals surface area contributed by atoms with Crippen molar-refractivity contribution in [3.8, 4) is 16.9 Å². The molecular formula is C11H7BrN2O3. The Hall–Kier alpha value is -1.95. The molecule has 0 bridgehead atoms. The molecule has 0 atom stereocenters. The Morgan fingerprint density at radius 1 is 1.24 bits per heavy atom. The van der Waals surface area contributed by atoms with E-state index in [1.807, 2.05) is 0 Å². The summed E-state index contributed by atoms with van der Waals surface area (Å²) in [4.78, 5) is 14.2. The van der Waals surface area contributed by atoms with Crippen molar-refractivity contribution in [3.63, 3.8) is 0 Å². The van der Waals surface area contributed by atoms with Crippen LogP contribution in [0.2, 0.25) is 0 Å². The molecular weight excluding hydrogens is 288 g/mol. The minimum Gasteiger partial charge on any atom is -0.508 e. The first-order chi connectivity index (χ1) is 8.09. The normalized spacial score (nSPS) is 10.2. The molecule has 0 spiro atoms. The smallest absolute Gasteiger partial charge is 0.296 e. The lowest BCUT2D eigenvalue weighted by Crippen LogP contribution is -1.94. The number of halogens is 1. The van der Waals surface area contributed by atoms with Crippen molar-refractivity contribution in [1.82, 2.24) is 4.98 Å². The fourth-order valence-corrected chi connectivity index (χ4v) is 2.03. The van der Waals surface area contributed by atoms with Crippen molar-refractivity contribution in [3.05, 3.63) is 51.2 Å². The van der Waals surface area contributed by atoms with Gasteiger partial charge in [-0.1, -0.05) is 12.1 Å². The molecule has 86 valence electrons. The van der Waals surface area contributed by atoms with Crippen molar-refractivity contribution < 1.29 is 10.0 Å². The van der Waals surface area contributed by atoms with Crippen LogP contribution >= 0.6 is 15.9 Å². The summed E-state index contributed by atoms with van der Waals surface area (Å²) in [5.74, 6) is 0.113. The summed E-state index contributed by atoms with van der Waals surface area (Å²) in [6.45, 7) is 0. The highest BCUT2D eigenvalue weighted by Gasteiger charge is 2.18. The van der Waals surface area contributed by atoms with Gasteiger partial charge in [0.1, 0.15) is 11.9 Å². The molecule has 0 amide bonds. The van der Waals surface area contributed by atoms with Crippen molar-refractivity contribution in [2.24, 2.45) is 0 Å².